The molecule has 2 aromatic carbocycles. The second kappa shape index (κ2) is 6.70. The molecule has 2 N–H and O–H groups in total. The highest BCUT2D eigenvalue weighted by Crippen LogP contribution is 2.41. The minimum absolute atomic E-state index is 0.131. The highest BCUT2D eigenvalue weighted by atomic mass is 32.2. The first-order valence-corrected chi connectivity index (χ1v) is 10.9. The van der Waals surface area contributed by atoms with Crippen LogP contribution in [0.4, 0.5) is 10.5 Å². The average Bonchev–Trinajstić information content (AvgIpc) is 3.15. The number of aryl methyl sites for hydroxylation is 1. The Kier molecular flexibility index (Phi) is 4.42. The van der Waals surface area contributed by atoms with Crippen LogP contribution in [0, 0.1) is 0 Å². The SMILES string of the molecule is CS(=O)(=O)c1ccc(NC(=O)CN2C(=O)NC3(CCc4ccccc43)C2=O)cc1. The van der Waals surface area contributed by atoms with E-state index in [0.29, 0.717) is 18.5 Å². The van der Waals surface area contributed by atoms with Crippen molar-refractivity contribution in [3.05, 3.63) is 59.7 Å². The third kappa shape index (κ3) is 3.27. The summed E-state index contributed by atoms with van der Waals surface area (Å²) in [5.74, 6) is -0.987. The molecule has 1 aliphatic carbocycles. The van der Waals surface area contributed by atoms with E-state index in [1.54, 1.807) is 0 Å². The summed E-state index contributed by atoms with van der Waals surface area (Å²) in [7, 11) is -3.34. The fourth-order valence-corrected chi connectivity index (χ4v) is 4.49. The predicted molar refractivity (Wildman–Crippen MR) is 105 cm³/mol. The van der Waals surface area contributed by atoms with E-state index in [9.17, 15) is 22.8 Å². The number of anilines is 1. The smallest absolute Gasteiger partial charge is 0.325 e. The van der Waals surface area contributed by atoms with E-state index in [4.69, 9.17) is 0 Å². The van der Waals surface area contributed by atoms with Gasteiger partial charge >= 0.3 is 6.03 Å². The second-order valence-corrected chi connectivity index (χ2v) is 9.24. The normalized spacial score (nSPS) is 20.7. The Labute approximate surface area is 167 Å². The summed E-state index contributed by atoms with van der Waals surface area (Å²) < 4.78 is 23.0. The first-order valence-electron chi connectivity index (χ1n) is 9.03. The Hall–Kier alpha value is -3.20. The van der Waals surface area contributed by atoms with Crippen molar-refractivity contribution in [2.45, 2.75) is 23.3 Å². The molecule has 150 valence electrons. The summed E-state index contributed by atoms with van der Waals surface area (Å²) in [6.07, 6.45) is 2.23. The number of urea groups is 1. The largest absolute Gasteiger partial charge is 0.325 e. The molecule has 1 heterocycles. The van der Waals surface area contributed by atoms with Gasteiger partial charge in [0, 0.05) is 11.9 Å². The first kappa shape index (κ1) is 19.1. The number of fused-ring (bicyclic) bond motifs is 2. The molecule has 1 saturated heterocycles. The lowest BCUT2D eigenvalue weighted by molar-refractivity contribution is -0.134. The molecule has 9 heteroatoms. The maximum absolute atomic E-state index is 13.0. The van der Waals surface area contributed by atoms with E-state index in [1.165, 1.54) is 24.3 Å². The molecule has 4 rings (SSSR count). The Morgan fingerprint density at radius 3 is 2.52 bits per heavy atom. The Bertz CT molecular complexity index is 1130. The predicted octanol–water partition coefficient (Wildman–Crippen LogP) is 1.42. The van der Waals surface area contributed by atoms with Crippen LogP contribution in [-0.4, -0.2) is 44.0 Å². The lowest BCUT2D eigenvalue weighted by atomic mass is 9.92. The quantitative estimate of drug-likeness (QED) is 0.736. The first-order chi connectivity index (χ1) is 13.7. The van der Waals surface area contributed by atoms with E-state index in [2.05, 4.69) is 10.6 Å². The van der Waals surface area contributed by atoms with Crippen LogP contribution < -0.4 is 10.6 Å². The van der Waals surface area contributed by atoms with Crippen LogP contribution >= 0.6 is 0 Å². The lowest BCUT2D eigenvalue weighted by Crippen LogP contribution is -2.42. The van der Waals surface area contributed by atoms with Gasteiger partial charge in [0.25, 0.3) is 5.91 Å². The van der Waals surface area contributed by atoms with Crippen LogP contribution in [0.3, 0.4) is 0 Å². The molecule has 1 fully saturated rings. The molecule has 0 saturated carbocycles. The monoisotopic (exact) mass is 413 g/mol. The molecule has 1 spiro atoms. The van der Waals surface area contributed by atoms with Crippen molar-refractivity contribution in [1.82, 2.24) is 10.2 Å². The number of sulfone groups is 1. The molecule has 1 unspecified atom stereocenters. The number of imide groups is 1. The minimum atomic E-state index is -3.34. The van der Waals surface area contributed by atoms with E-state index >= 15 is 0 Å². The second-order valence-electron chi connectivity index (χ2n) is 7.23. The third-order valence-electron chi connectivity index (χ3n) is 5.29. The molecule has 0 bridgehead atoms. The number of hydrogen-bond donors (Lipinski definition) is 2. The number of hydrogen-bond acceptors (Lipinski definition) is 5. The summed E-state index contributed by atoms with van der Waals surface area (Å²) in [5, 5.41) is 5.35. The summed E-state index contributed by atoms with van der Waals surface area (Å²) in [5.41, 5.74) is 1.05. The maximum atomic E-state index is 13.0. The highest BCUT2D eigenvalue weighted by molar-refractivity contribution is 7.90. The molecule has 4 amide bonds. The van der Waals surface area contributed by atoms with Gasteiger partial charge in [0.2, 0.25) is 5.91 Å². The molecule has 0 aromatic heterocycles. The van der Waals surface area contributed by atoms with Gasteiger partial charge < -0.3 is 10.6 Å². The third-order valence-corrected chi connectivity index (χ3v) is 6.42. The number of nitrogens with zero attached hydrogens (tertiary/aromatic N) is 1. The number of carbonyl (C=O) groups excluding carboxylic acids is 3. The Morgan fingerprint density at radius 2 is 1.83 bits per heavy atom. The van der Waals surface area contributed by atoms with Crippen LogP contribution in [0.5, 0.6) is 0 Å². The zero-order valence-electron chi connectivity index (χ0n) is 15.6. The molecule has 8 nitrogen and oxygen atoms in total. The summed E-state index contributed by atoms with van der Waals surface area (Å²) in [4.78, 5) is 38.9. The zero-order chi connectivity index (χ0) is 20.8. The fraction of sp³-hybridized carbons (Fsp3) is 0.250. The van der Waals surface area contributed by atoms with Crippen LogP contribution in [0.1, 0.15) is 17.5 Å². The Balaban J connectivity index is 1.48. The number of carbonyl (C=O) groups is 3. The zero-order valence-corrected chi connectivity index (χ0v) is 16.5. The van der Waals surface area contributed by atoms with Crippen molar-refractivity contribution in [2.24, 2.45) is 0 Å². The van der Waals surface area contributed by atoms with Crippen LogP contribution in [0.2, 0.25) is 0 Å². The van der Waals surface area contributed by atoms with E-state index < -0.39 is 39.8 Å². The maximum Gasteiger partial charge on any atom is 0.325 e. The summed E-state index contributed by atoms with van der Waals surface area (Å²) in [6.45, 7) is -0.428. The van der Waals surface area contributed by atoms with Gasteiger partial charge in [-0.05, 0) is 48.2 Å². The molecule has 1 aliphatic heterocycles. The summed E-state index contributed by atoms with van der Waals surface area (Å²) >= 11 is 0. The highest BCUT2D eigenvalue weighted by Gasteiger charge is 2.55. The van der Waals surface area contributed by atoms with Gasteiger partial charge in [-0.25, -0.2) is 13.2 Å². The van der Waals surface area contributed by atoms with Crippen molar-refractivity contribution in [3.63, 3.8) is 0 Å². The van der Waals surface area contributed by atoms with Gasteiger partial charge in [0.05, 0.1) is 4.90 Å². The molecular weight excluding hydrogens is 394 g/mol. The van der Waals surface area contributed by atoms with Gasteiger partial charge in [0.1, 0.15) is 12.1 Å². The van der Waals surface area contributed by atoms with E-state index in [0.717, 1.165) is 22.3 Å². The van der Waals surface area contributed by atoms with Crippen molar-refractivity contribution < 1.29 is 22.8 Å². The Morgan fingerprint density at radius 1 is 1.14 bits per heavy atom. The van der Waals surface area contributed by atoms with Crippen molar-refractivity contribution in [2.75, 3.05) is 18.1 Å². The number of nitrogens with one attached hydrogen (secondary N) is 2. The standard InChI is InChI=1S/C20H19N3O5S/c1-29(27,28)15-8-6-14(7-9-15)21-17(24)12-23-18(25)20(22-19(23)26)11-10-13-4-2-3-5-16(13)20/h2-9H,10-12H2,1H3,(H,21,24)(H,22,26). The van der Waals surface area contributed by atoms with E-state index in [1.807, 2.05) is 24.3 Å². The topological polar surface area (TPSA) is 113 Å². The van der Waals surface area contributed by atoms with Crippen molar-refractivity contribution in [3.8, 4) is 0 Å². The van der Waals surface area contributed by atoms with Gasteiger partial charge in [0.15, 0.2) is 9.84 Å². The minimum Gasteiger partial charge on any atom is -0.325 e. The fourth-order valence-electron chi connectivity index (χ4n) is 3.86. The summed E-state index contributed by atoms with van der Waals surface area (Å²) in [6, 6.07) is 12.5. The molecule has 2 aromatic rings. The van der Waals surface area contributed by atoms with Crippen molar-refractivity contribution >= 4 is 33.4 Å². The molecular formula is C20H19N3O5S. The average molecular weight is 413 g/mol. The van der Waals surface area contributed by atoms with Gasteiger partial charge in [-0.15, -0.1) is 0 Å². The van der Waals surface area contributed by atoms with Gasteiger partial charge in [-0.2, -0.15) is 0 Å². The van der Waals surface area contributed by atoms with Crippen molar-refractivity contribution in [1.29, 1.82) is 0 Å². The number of amides is 4. The molecule has 1 atom stereocenters. The number of benzene rings is 2. The van der Waals surface area contributed by atoms with Crippen LogP contribution in [0.25, 0.3) is 0 Å². The molecule has 0 radical (unpaired) electrons. The van der Waals surface area contributed by atoms with Crippen LogP contribution in [0.15, 0.2) is 53.4 Å². The number of rotatable bonds is 4. The van der Waals surface area contributed by atoms with E-state index in [-0.39, 0.29) is 4.90 Å². The van der Waals surface area contributed by atoms with Gasteiger partial charge in [-0.3, -0.25) is 14.5 Å². The van der Waals surface area contributed by atoms with Crippen LogP contribution in [-0.2, 0) is 31.4 Å². The molecule has 29 heavy (non-hydrogen) atoms. The van der Waals surface area contributed by atoms with Gasteiger partial charge in [-0.1, -0.05) is 24.3 Å². The molecule has 2 aliphatic rings. The lowest BCUT2D eigenvalue weighted by Gasteiger charge is -2.22.